The predicted molar refractivity (Wildman–Crippen MR) is 171 cm³/mol. The van der Waals surface area contributed by atoms with Gasteiger partial charge in [-0.25, -0.2) is 0 Å². The fourth-order valence-corrected chi connectivity index (χ4v) is 9.77. The van der Waals surface area contributed by atoms with Crippen molar-refractivity contribution >= 4 is 50.1 Å². The molecule has 41 heavy (non-hydrogen) atoms. The Kier molecular flexibility index (Phi) is 9.16. The van der Waals surface area contributed by atoms with Crippen LogP contribution in [-0.2, 0) is 22.5 Å². The molecular formula is C33H41N3O3S2. The number of esters is 1. The van der Waals surface area contributed by atoms with Gasteiger partial charge in [-0.2, -0.15) is 0 Å². The highest BCUT2D eigenvalue weighted by atomic mass is 33.1. The van der Waals surface area contributed by atoms with Crippen LogP contribution >= 0.6 is 21.6 Å². The first-order valence-corrected chi connectivity index (χ1v) is 17.7. The second-order valence-electron chi connectivity index (χ2n) is 11.5. The normalized spacial score (nSPS) is 19.8. The lowest BCUT2D eigenvalue weighted by molar-refractivity contribution is -0.143. The fourth-order valence-electron chi connectivity index (χ4n) is 6.74. The van der Waals surface area contributed by atoms with Crippen molar-refractivity contribution in [3.8, 4) is 0 Å². The summed E-state index contributed by atoms with van der Waals surface area (Å²) in [5.74, 6) is 1.36. The molecule has 218 valence electrons. The highest BCUT2D eigenvalue weighted by Crippen LogP contribution is 2.44. The Labute approximate surface area is 251 Å². The number of carbonyl (C=O) groups is 2. The lowest BCUT2D eigenvalue weighted by Gasteiger charge is -2.46. The molecule has 1 fully saturated rings. The average Bonchev–Trinajstić information content (AvgIpc) is 3.64. The van der Waals surface area contributed by atoms with E-state index >= 15 is 0 Å². The van der Waals surface area contributed by atoms with Crippen LogP contribution in [0.5, 0.6) is 0 Å². The molecule has 8 heteroatoms. The zero-order valence-electron chi connectivity index (χ0n) is 24.1. The minimum absolute atomic E-state index is 0.0406. The molecule has 0 radical (unpaired) electrons. The molecule has 1 saturated heterocycles. The minimum Gasteiger partial charge on any atom is -0.466 e. The van der Waals surface area contributed by atoms with Crippen molar-refractivity contribution < 1.29 is 14.3 Å². The van der Waals surface area contributed by atoms with Crippen LogP contribution in [0, 0.1) is 0 Å². The van der Waals surface area contributed by atoms with Crippen molar-refractivity contribution in [2.75, 3.05) is 30.9 Å². The third-order valence-corrected chi connectivity index (χ3v) is 11.8. The third-order valence-electron chi connectivity index (χ3n) is 8.83. The standard InChI is InChI=1S/C33H41N3O3S2/c1-34-28-15-7-6-14-27(28)33(38)36-21-18-26-25-13-5-8-16-29(25)35(31(26)32(34)36)20-10-2-3-11-22-39-30(37)17-9-4-12-24-19-23-40-41-24/h5-8,13-16,24,32H,2-4,9-12,17-23H2,1H3. The lowest BCUT2D eigenvalue weighted by Crippen LogP contribution is -2.51. The summed E-state index contributed by atoms with van der Waals surface area (Å²) in [5.41, 5.74) is 5.71. The van der Waals surface area contributed by atoms with Gasteiger partial charge in [-0.1, -0.05) is 64.8 Å². The zero-order chi connectivity index (χ0) is 28.2. The molecule has 2 unspecified atom stereocenters. The molecule has 1 amide bonds. The summed E-state index contributed by atoms with van der Waals surface area (Å²) >= 11 is 0. The topological polar surface area (TPSA) is 54.8 Å². The van der Waals surface area contributed by atoms with E-state index in [4.69, 9.17) is 4.74 Å². The quantitative estimate of drug-likeness (QED) is 0.123. The number of hydrogen-bond donors (Lipinski definition) is 0. The number of unbranched alkanes of at least 4 members (excludes halogenated alkanes) is 4. The van der Waals surface area contributed by atoms with E-state index < -0.39 is 0 Å². The Morgan fingerprint density at radius 3 is 2.71 bits per heavy atom. The summed E-state index contributed by atoms with van der Waals surface area (Å²) in [4.78, 5) is 30.0. The molecule has 0 bridgehead atoms. The van der Waals surface area contributed by atoms with Crippen LogP contribution < -0.4 is 4.90 Å². The highest BCUT2D eigenvalue weighted by Gasteiger charge is 2.42. The highest BCUT2D eigenvalue weighted by molar-refractivity contribution is 8.77. The molecule has 6 rings (SSSR count). The van der Waals surface area contributed by atoms with E-state index in [1.165, 1.54) is 40.8 Å². The van der Waals surface area contributed by atoms with E-state index in [0.717, 1.165) is 74.5 Å². The van der Waals surface area contributed by atoms with E-state index in [9.17, 15) is 9.59 Å². The van der Waals surface area contributed by atoms with Gasteiger partial charge >= 0.3 is 5.97 Å². The van der Waals surface area contributed by atoms with Gasteiger partial charge in [-0.15, -0.1) is 0 Å². The molecule has 6 nitrogen and oxygen atoms in total. The Hall–Kier alpha value is -2.58. The van der Waals surface area contributed by atoms with E-state index in [0.29, 0.717) is 13.0 Å². The fraction of sp³-hybridized carbons (Fsp3) is 0.515. The van der Waals surface area contributed by atoms with Gasteiger partial charge in [0, 0.05) is 48.5 Å². The van der Waals surface area contributed by atoms with E-state index in [1.807, 2.05) is 39.8 Å². The van der Waals surface area contributed by atoms with Crippen molar-refractivity contribution in [1.29, 1.82) is 0 Å². The lowest BCUT2D eigenvalue weighted by atomic mass is 9.96. The Morgan fingerprint density at radius 1 is 1.00 bits per heavy atom. The van der Waals surface area contributed by atoms with Crippen molar-refractivity contribution in [3.63, 3.8) is 0 Å². The Morgan fingerprint density at radius 2 is 1.83 bits per heavy atom. The number of carbonyl (C=O) groups excluding carboxylic acids is 2. The summed E-state index contributed by atoms with van der Waals surface area (Å²) in [6.45, 7) is 2.18. The van der Waals surface area contributed by atoms with Gasteiger partial charge in [0.15, 0.2) is 0 Å². The number of hydrogen-bond acceptors (Lipinski definition) is 6. The molecule has 2 atom stereocenters. The molecule has 3 aliphatic rings. The van der Waals surface area contributed by atoms with Crippen LogP contribution in [0.25, 0.3) is 10.9 Å². The number of amides is 1. The molecule has 0 spiro atoms. The van der Waals surface area contributed by atoms with Gasteiger partial charge in [-0.05, 0) is 68.7 Å². The van der Waals surface area contributed by atoms with Gasteiger partial charge in [-0.3, -0.25) is 9.59 Å². The van der Waals surface area contributed by atoms with Crippen LogP contribution in [0.15, 0.2) is 48.5 Å². The Balaban J connectivity index is 1.03. The van der Waals surface area contributed by atoms with Gasteiger partial charge < -0.3 is 19.1 Å². The molecule has 2 aromatic carbocycles. The largest absolute Gasteiger partial charge is 0.466 e. The maximum absolute atomic E-state index is 13.5. The van der Waals surface area contributed by atoms with Gasteiger partial charge in [0.2, 0.25) is 0 Å². The average molecular weight is 592 g/mol. The predicted octanol–water partition coefficient (Wildman–Crippen LogP) is 7.61. The monoisotopic (exact) mass is 591 g/mol. The number of fused-ring (bicyclic) bond motifs is 6. The Bertz CT molecular complexity index is 1380. The number of para-hydroxylation sites is 2. The number of anilines is 1. The third kappa shape index (κ3) is 6.00. The summed E-state index contributed by atoms with van der Waals surface area (Å²) in [5, 5.41) is 2.10. The molecule has 3 aliphatic heterocycles. The maximum Gasteiger partial charge on any atom is 0.305 e. The summed E-state index contributed by atoms with van der Waals surface area (Å²) in [7, 11) is 6.12. The second kappa shape index (κ2) is 13.2. The van der Waals surface area contributed by atoms with Crippen LogP contribution in [0.4, 0.5) is 5.69 Å². The van der Waals surface area contributed by atoms with Crippen molar-refractivity contribution in [2.24, 2.45) is 0 Å². The number of ether oxygens (including phenoxy) is 1. The first-order valence-electron chi connectivity index (χ1n) is 15.3. The second-order valence-corrected chi connectivity index (χ2v) is 14.3. The van der Waals surface area contributed by atoms with Crippen molar-refractivity contribution in [1.82, 2.24) is 9.47 Å². The zero-order valence-corrected chi connectivity index (χ0v) is 25.7. The van der Waals surface area contributed by atoms with Crippen molar-refractivity contribution in [2.45, 2.75) is 82.2 Å². The van der Waals surface area contributed by atoms with E-state index in [-0.39, 0.29) is 18.0 Å². The molecule has 1 aromatic heterocycles. The molecule has 0 saturated carbocycles. The number of aryl methyl sites for hydroxylation is 1. The first kappa shape index (κ1) is 28.5. The van der Waals surface area contributed by atoms with Gasteiger partial charge in [0.05, 0.1) is 23.6 Å². The maximum atomic E-state index is 13.5. The smallest absolute Gasteiger partial charge is 0.305 e. The van der Waals surface area contributed by atoms with Gasteiger partial charge in [0.25, 0.3) is 5.91 Å². The van der Waals surface area contributed by atoms with Crippen molar-refractivity contribution in [3.05, 3.63) is 65.4 Å². The number of nitrogens with zero attached hydrogens (tertiary/aromatic N) is 3. The molecular weight excluding hydrogens is 551 g/mol. The van der Waals surface area contributed by atoms with Crippen LogP contribution in [0.3, 0.4) is 0 Å². The number of benzene rings is 2. The SMILES string of the molecule is CN1c2ccccc2C(=O)N2CCc3c(n(CCCCCCOC(=O)CCCCC4CCSS4)c4ccccc34)C21. The minimum atomic E-state index is -0.0937. The molecule has 0 N–H and O–H groups in total. The van der Waals surface area contributed by atoms with Crippen LogP contribution in [0.2, 0.25) is 0 Å². The van der Waals surface area contributed by atoms with Crippen LogP contribution in [-0.4, -0.2) is 52.5 Å². The summed E-state index contributed by atoms with van der Waals surface area (Å²) in [6, 6.07) is 16.7. The number of aromatic nitrogens is 1. The first-order chi connectivity index (χ1) is 20.1. The van der Waals surface area contributed by atoms with Gasteiger partial charge in [0.1, 0.15) is 6.17 Å². The van der Waals surface area contributed by atoms with E-state index in [1.54, 1.807) is 0 Å². The summed E-state index contributed by atoms with van der Waals surface area (Å²) < 4.78 is 7.99. The molecule has 4 heterocycles. The van der Waals surface area contributed by atoms with Crippen LogP contribution in [0.1, 0.15) is 85.6 Å². The summed E-state index contributed by atoms with van der Waals surface area (Å²) in [6.07, 6.45) is 10.0. The number of rotatable bonds is 12. The molecule has 3 aromatic rings. The molecule has 0 aliphatic carbocycles. The van der Waals surface area contributed by atoms with E-state index in [2.05, 4.69) is 51.7 Å².